The first kappa shape index (κ1) is 14.0. The number of thioether (sulfide) groups is 1. The van der Waals surface area contributed by atoms with Crippen molar-refractivity contribution >= 4 is 17.4 Å². The monoisotopic (exact) mass is 303 g/mol. The average Bonchev–Trinajstić information content (AvgIpc) is 2.96. The van der Waals surface area contributed by atoms with Crippen molar-refractivity contribution in [2.45, 2.75) is 18.2 Å². The smallest absolute Gasteiger partial charge is 0.281 e. The predicted octanol–water partition coefficient (Wildman–Crippen LogP) is 1.99. The number of ether oxygens (including phenoxy) is 1. The number of hydrogen-bond donors (Lipinski definition) is 0. The molecule has 6 heteroatoms. The Hall–Kier alpha value is -1.95. The summed E-state index contributed by atoms with van der Waals surface area (Å²) in [6, 6.07) is 10.0. The second kappa shape index (κ2) is 5.81. The number of fused-ring (bicyclic) bond motifs is 1. The molecule has 1 aromatic heterocycles. The summed E-state index contributed by atoms with van der Waals surface area (Å²) in [6.07, 6.45) is 0. The molecule has 0 N–H and O–H groups in total. The van der Waals surface area contributed by atoms with Crippen molar-refractivity contribution in [3.8, 4) is 5.88 Å². The van der Waals surface area contributed by atoms with E-state index in [2.05, 4.69) is 4.98 Å². The summed E-state index contributed by atoms with van der Waals surface area (Å²) in [7, 11) is 3.45. The number of benzene rings is 1. The van der Waals surface area contributed by atoms with Gasteiger partial charge in [-0.25, -0.2) is 0 Å². The van der Waals surface area contributed by atoms with Gasteiger partial charge in [0.25, 0.3) is 5.56 Å². The highest BCUT2D eigenvalue weighted by Gasteiger charge is 2.23. The van der Waals surface area contributed by atoms with Crippen LogP contribution in [-0.2, 0) is 13.1 Å². The Morgan fingerprint density at radius 1 is 1.38 bits per heavy atom. The Morgan fingerprint density at radius 2 is 2.14 bits per heavy atom. The lowest BCUT2D eigenvalue weighted by Gasteiger charge is -2.21. The van der Waals surface area contributed by atoms with E-state index in [9.17, 15) is 4.79 Å². The van der Waals surface area contributed by atoms with Crippen molar-refractivity contribution < 1.29 is 4.74 Å². The Kier molecular flexibility index (Phi) is 3.88. The van der Waals surface area contributed by atoms with Crippen LogP contribution in [0.4, 0.5) is 5.69 Å². The Bertz CT molecular complexity index is 700. The maximum absolute atomic E-state index is 12.7. The highest BCUT2D eigenvalue weighted by Crippen LogP contribution is 2.29. The van der Waals surface area contributed by atoms with Crippen LogP contribution in [0.5, 0.6) is 5.88 Å². The van der Waals surface area contributed by atoms with E-state index >= 15 is 0 Å². The third-order valence-electron chi connectivity index (χ3n) is 3.46. The van der Waals surface area contributed by atoms with Crippen LogP contribution in [0.1, 0.15) is 5.56 Å². The molecule has 2 heterocycles. The highest BCUT2D eigenvalue weighted by atomic mass is 32.2. The second-order valence-corrected chi connectivity index (χ2v) is 5.96. The number of hydrogen-bond acceptors (Lipinski definition) is 5. The summed E-state index contributed by atoms with van der Waals surface area (Å²) >= 11 is 1.59. The van der Waals surface area contributed by atoms with Gasteiger partial charge in [-0.05, 0) is 5.56 Å². The van der Waals surface area contributed by atoms with Gasteiger partial charge in [0, 0.05) is 25.9 Å². The van der Waals surface area contributed by atoms with E-state index in [0.29, 0.717) is 24.7 Å². The highest BCUT2D eigenvalue weighted by molar-refractivity contribution is 7.99. The quantitative estimate of drug-likeness (QED) is 0.809. The molecule has 0 saturated carbocycles. The number of rotatable bonds is 4. The van der Waals surface area contributed by atoms with E-state index in [1.165, 1.54) is 0 Å². The van der Waals surface area contributed by atoms with Crippen LogP contribution < -0.4 is 15.2 Å². The molecule has 0 bridgehead atoms. The molecule has 5 nitrogen and oxygen atoms in total. The number of nitrogens with zero attached hydrogens (tertiary/aromatic N) is 3. The van der Waals surface area contributed by atoms with Crippen molar-refractivity contribution in [2.24, 2.45) is 0 Å². The van der Waals surface area contributed by atoms with E-state index in [0.717, 1.165) is 16.5 Å². The van der Waals surface area contributed by atoms with Gasteiger partial charge >= 0.3 is 0 Å². The van der Waals surface area contributed by atoms with Crippen molar-refractivity contribution in [3.63, 3.8) is 0 Å². The molecule has 0 amide bonds. The van der Waals surface area contributed by atoms with Crippen molar-refractivity contribution in [2.75, 3.05) is 24.8 Å². The lowest BCUT2D eigenvalue weighted by atomic mass is 10.2. The van der Waals surface area contributed by atoms with E-state index in [1.807, 2.05) is 42.3 Å². The molecule has 2 aromatic rings. The first-order valence-corrected chi connectivity index (χ1v) is 7.76. The summed E-state index contributed by atoms with van der Waals surface area (Å²) in [4.78, 5) is 19.0. The fourth-order valence-corrected chi connectivity index (χ4v) is 3.38. The normalized spacial score (nSPS) is 13.0. The second-order valence-electron chi connectivity index (χ2n) is 4.90. The zero-order valence-corrected chi connectivity index (χ0v) is 12.9. The third kappa shape index (κ3) is 2.63. The van der Waals surface area contributed by atoms with Gasteiger partial charge in [0.1, 0.15) is 0 Å². The van der Waals surface area contributed by atoms with Gasteiger partial charge in [0.2, 0.25) is 5.88 Å². The van der Waals surface area contributed by atoms with Gasteiger partial charge in [-0.1, -0.05) is 42.1 Å². The molecule has 1 aliphatic heterocycles. The minimum atomic E-state index is -0.0275. The molecule has 0 spiro atoms. The molecule has 110 valence electrons. The summed E-state index contributed by atoms with van der Waals surface area (Å²) in [5.74, 6) is 1.29. The van der Waals surface area contributed by atoms with Crippen LogP contribution in [0.3, 0.4) is 0 Å². The zero-order chi connectivity index (χ0) is 14.8. The summed E-state index contributed by atoms with van der Waals surface area (Å²) in [5.41, 5.74) is 1.63. The molecule has 0 unspecified atom stereocenters. The standard InChI is InChI=1S/C15H17N3O2S/c1-17(10-11-6-4-3-5-7-11)12-13(20-2)16-15-18(14(12)19)8-9-21-15/h3-7H,8-10H2,1-2H3. The Labute approximate surface area is 127 Å². The predicted molar refractivity (Wildman–Crippen MR) is 84.3 cm³/mol. The van der Waals surface area contributed by atoms with Gasteiger partial charge < -0.3 is 9.64 Å². The third-order valence-corrected chi connectivity index (χ3v) is 4.42. The fraction of sp³-hybridized carbons (Fsp3) is 0.333. The molecule has 0 aliphatic carbocycles. The van der Waals surface area contributed by atoms with Gasteiger partial charge in [0.05, 0.1) is 7.11 Å². The van der Waals surface area contributed by atoms with Gasteiger partial charge in [0.15, 0.2) is 10.8 Å². The van der Waals surface area contributed by atoms with Crippen LogP contribution in [0.15, 0.2) is 40.3 Å². The summed E-state index contributed by atoms with van der Waals surface area (Å²) < 4.78 is 7.06. The van der Waals surface area contributed by atoms with Crippen LogP contribution in [0.25, 0.3) is 0 Å². The number of anilines is 1. The molecule has 3 rings (SSSR count). The average molecular weight is 303 g/mol. The number of aromatic nitrogens is 2. The molecule has 0 radical (unpaired) electrons. The van der Waals surface area contributed by atoms with Crippen LogP contribution in [0.2, 0.25) is 0 Å². The molecule has 21 heavy (non-hydrogen) atoms. The zero-order valence-electron chi connectivity index (χ0n) is 12.1. The van der Waals surface area contributed by atoms with E-state index in [1.54, 1.807) is 23.4 Å². The number of methoxy groups -OCH3 is 1. The Morgan fingerprint density at radius 3 is 2.86 bits per heavy atom. The molecule has 1 aromatic carbocycles. The van der Waals surface area contributed by atoms with Crippen molar-refractivity contribution in [3.05, 3.63) is 46.2 Å². The van der Waals surface area contributed by atoms with Crippen molar-refractivity contribution in [1.29, 1.82) is 0 Å². The van der Waals surface area contributed by atoms with E-state index in [-0.39, 0.29) is 5.56 Å². The van der Waals surface area contributed by atoms with E-state index in [4.69, 9.17) is 4.74 Å². The maximum atomic E-state index is 12.7. The summed E-state index contributed by atoms with van der Waals surface area (Å²) in [6.45, 7) is 1.35. The SMILES string of the molecule is COc1nc2n(c(=O)c1N(C)Cc1ccccc1)CCS2. The minimum absolute atomic E-state index is 0.0275. The molecule has 0 saturated heterocycles. The van der Waals surface area contributed by atoms with Crippen LogP contribution in [0, 0.1) is 0 Å². The van der Waals surface area contributed by atoms with Gasteiger partial charge in [-0.2, -0.15) is 4.98 Å². The van der Waals surface area contributed by atoms with Crippen molar-refractivity contribution in [1.82, 2.24) is 9.55 Å². The Balaban J connectivity index is 1.99. The molecular weight excluding hydrogens is 286 g/mol. The van der Waals surface area contributed by atoms with E-state index < -0.39 is 0 Å². The first-order chi connectivity index (χ1) is 10.2. The van der Waals surface area contributed by atoms with Crippen LogP contribution >= 0.6 is 11.8 Å². The largest absolute Gasteiger partial charge is 0.479 e. The fourth-order valence-electron chi connectivity index (χ4n) is 2.45. The molecule has 0 fully saturated rings. The minimum Gasteiger partial charge on any atom is -0.479 e. The molecule has 1 aliphatic rings. The van der Waals surface area contributed by atoms with Gasteiger partial charge in [-0.15, -0.1) is 0 Å². The first-order valence-electron chi connectivity index (χ1n) is 6.77. The van der Waals surface area contributed by atoms with Gasteiger partial charge in [-0.3, -0.25) is 9.36 Å². The maximum Gasteiger partial charge on any atom is 0.281 e. The molecular formula is C15H17N3O2S. The lowest BCUT2D eigenvalue weighted by Crippen LogP contribution is -2.30. The summed E-state index contributed by atoms with van der Waals surface area (Å²) in [5, 5.41) is 0.744. The van der Waals surface area contributed by atoms with Crippen LogP contribution in [-0.4, -0.2) is 29.5 Å². The lowest BCUT2D eigenvalue weighted by molar-refractivity contribution is 0.387. The molecule has 0 atom stereocenters. The topological polar surface area (TPSA) is 47.4 Å².